The number of hydrogen-bond acceptors (Lipinski definition) is 3. The normalized spacial score (nSPS) is 17.1. The molecule has 0 aromatic heterocycles. The number of rotatable bonds is 6. The number of carbonyl (C=O) groups is 1. The lowest BCUT2D eigenvalue weighted by molar-refractivity contribution is -0.127. The fourth-order valence-electron chi connectivity index (χ4n) is 3.71. The number of halogens is 2. The van der Waals surface area contributed by atoms with Crippen LogP contribution in [0.4, 0.5) is 8.78 Å². The molecule has 1 N–H and O–H groups in total. The topological polar surface area (TPSA) is 66.5 Å². The van der Waals surface area contributed by atoms with Gasteiger partial charge in [-0.2, -0.15) is 4.31 Å². The molecule has 0 spiro atoms. The van der Waals surface area contributed by atoms with Crippen molar-refractivity contribution in [2.45, 2.75) is 37.6 Å². The molecule has 1 amide bonds. The highest BCUT2D eigenvalue weighted by molar-refractivity contribution is 7.89. The second-order valence-electron chi connectivity index (χ2n) is 7.90. The van der Waals surface area contributed by atoms with Gasteiger partial charge >= 0.3 is 0 Å². The van der Waals surface area contributed by atoms with Gasteiger partial charge < -0.3 is 5.32 Å². The van der Waals surface area contributed by atoms with E-state index >= 15 is 0 Å². The summed E-state index contributed by atoms with van der Waals surface area (Å²) in [6.07, 6.45) is 0.739. The SMILES string of the molecule is CC(C)C(NC(=O)C1CCN(S(=O)(=O)c2ccc(F)c(F)c2)CC1)c1ccccc1. The third-order valence-corrected chi connectivity index (χ3v) is 7.37. The maximum atomic E-state index is 13.5. The zero-order valence-corrected chi connectivity index (χ0v) is 17.8. The predicted molar refractivity (Wildman–Crippen MR) is 110 cm³/mol. The van der Waals surface area contributed by atoms with Gasteiger partial charge in [0.15, 0.2) is 11.6 Å². The largest absolute Gasteiger partial charge is 0.349 e. The van der Waals surface area contributed by atoms with E-state index in [4.69, 9.17) is 0 Å². The van der Waals surface area contributed by atoms with Gasteiger partial charge in [-0.15, -0.1) is 0 Å². The van der Waals surface area contributed by atoms with Gasteiger partial charge in [0.1, 0.15) is 0 Å². The van der Waals surface area contributed by atoms with E-state index in [9.17, 15) is 22.0 Å². The highest BCUT2D eigenvalue weighted by Gasteiger charge is 2.33. The summed E-state index contributed by atoms with van der Waals surface area (Å²) in [4.78, 5) is 12.5. The minimum Gasteiger partial charge on any atom is -0.349 e. The van der Waals surface area contributed by atoms with Crippen LogP contribution in [0, 0.1) is 23.5 Å². The lowest BCUT2D eigenvalue weighted by atomic mass is 9.93. The Morgan fingerprint density at radius 2 is 1.67 bits per heavy atom. The highest BCUT2D eigenvalue weighted by atomic mass is 32.2. The maximum Gasteiger partial charge on any atom is 0.243 e. The average molecular weight is 437 g/mol. The summed E-state index contributed by atoms with van der Waals surface area (Å²) >= 11 is 0. The molecule has 0 radical (unpaired) electrons. The van der Waals surface area contributed by atoms with Crippen molar-refractivity contribution in [3.8, 4) is 0 Å². The number of piperidine rings is 1. The molecule has 1 unspecified atom stereocenters. The van der Waals surface area contributed by atoms with E-state index in [0.29, 0.717) is 18.9 Å². The van der Waals surface area contributed by atoms with Gasteiger partial charge in [0, 0.05) is 19.0 Å². The van der Waals surface area contributed by atoms with Crippen LogP contribution >= 0.6 is 0 Å². The summed E-state index contributed by atoms with van der Waals surface area (Å²) in [6.45, 7) is 4.37. The van der Waals surface area contributed by atoms with Crippen LogP contribution in [0.5, 0.6) is 0 Å². The van der Waals surface area contributed by atoms with Gasteiger partial charge in [-0.1, -0.05) is 44.2 Å². The number of amides is 1. The van der Waals surface area contributed by atoms with Gasteiger partial charge in [0.25, 0.3) is 0 Å². The lowest BCUT2D eigenvalue weighted by Crippen LogP contribution is -2.44. The van der Waals surface area contributed by atoms with Crippen molar-refractivity contribution >= 4 is 15.9 Å². The number of hydrogen-bond donors (Lipinski definition) is 1. The highest BCUT2D eigenvalue weighted by Crippen LogP contribution is 2.27. The molecule has 162 valence electrons. The maximum absolute atomic E-state index is 13.5. The van der Waals surface area contributed by atoms with E-state index < -0.39 is 21.7 Å². The van der Waals surface area contributed by atoms with Crippen molar-refractivity contribution < 1.29 is 22.0 Å². The van der Waals surface area contributed by atoms with Crippen molar-refractivity contribution in [2.24, 2.45) is 11.8 Å². The Morgan fingerprint density at radius 1 is 1.03 bits per heavy atom. The summed E-state index contributed by atoms with van der Waals surface area (Å²) in [5.41, 5.74) is 1.03. The van der Waals surface area contributed by atoms with Gasteiger partial charge in [-0.25, -0.2) is 17.2 Å². The van der Waals surface area contributed by atoms with Gasteiger partial charge in [0.05, 0.1) is 10.9 Å². The molecule has 1 atom stereocenters. The molecule has 1 aliphatic rings. The fourth-order valence-corrected chi connectivity index (χ4v) is 5.19. The third-order valence-electron chi connectivity index (χ3n) is 5.48. The molecule has 1 saturated heterocycles. The molecule has 1 fully saturated rings. The molecule has 0 aliphatic carbocycles. The smallest absolute Gasteiger partial charge is 0.243 e. The van der Waals surface area contributed by atoms with Gasteiger partial charge in [-0.3, -0.25) is 4.79 Å². The molecule has 2 aromatic carbocycles. The molecular weight excluding hydrogens is 410 g/mol. The first-order valence-electron chi connectivity index (χ1n) is 10.0. The second kappa shape index (κ2) is 9.22. The number of nitrogens with zero attached hydrogens (tertiary/aromatic N) is 1. The van der Waals surface area contributed by atoms with Crippen molar-refractivity contribution in [1.29, 1.82) is 0 Å². The monoisotopic (exact) mass is 436 g/mol. The van der Waals surface area contributed by atoms with Crippen molar-refractivity contribution in [1.82, 2.24) is 9.62 Å². The van der Waals surface area contributed by atoms with Crippen LogP contribution in [-0.2, 0) is 14.8 Å². The number of benzene rings is 2. The Balaban J connectivity index is 1.64. The quantitative estimate of drug-likeness (QED) is 0.747. The Labute approximate surface area is 176 Å². The first-order chi connectivity index (χ1) is 14.2. The molecule has 0 saturated carbocycles. The van der Waals surface area contributed by atoms with Crippen LogP contribution in [0.15, 0.2) is 53.4 Å². The average Bonchev–Trinajstić information content (AvgIpc) is 2.74. The number of carbonyl (C=O) groups excluding carboxylic acids is 1. The molecule has 3 rings (SSSR count). The molecule has 1 aliphatic heterocycles. The minimum atomic E-state index is -3.93. The van der Waals surface area contributed by atoms with Crippen LogP contribution in [-0.4, -0.2) is 31.7 Å². The first-order valence-corrected chi connectivity index (χ1v) is 11.4. The summed E-state index contributed by atoms with van der Waals surface area (Å²) in [6, 6.07) is 12.2. The van der Waals surface area contributed by atoms with Crippen LogP contribution in [0.1, 0.15) is 38.3 Å². The van der Waals surface area contributed by atoms with E-state index in [1.165, 1.54) is 4.31 Å². The Bertz CT molecular complexity index is 989. The first kappa shape index (κ1) is 22.4. The van der Waals surface area contributed by atoms with Crippen LogP contribution in [0.3, 0.4) is 0 Å². The Hall–Kier alpha value is -2.32. The predicted octanol–water partition coefficient (Wildman–Crippen LogP) is 3.88. The van der Waals surface area contributed by atoms with Crippen LogP contribution in [0.25, 0.3) is 0 Å². The van der Waals surface area contributed by atoms with Crippen LogP contribution < -0.4 is 5.32 Å². The summed E-state index contributed by atoms with van der Waals surface area (Å²) in [7, 11) is -3.93. The summed E-state index contributed by atoms with van der Waals surface area (Å²) < 4.78 is 53.2. The molecular formula is C22H26F2N2O3S. The summed E-state index contributed by atoms with van der Waals surface area (Å²) in [5.74, 6) is -2.49. The second-order valence-corrected chi connectivity index (χ2v) is 9.83. The standard InChI is InChI=1S/C22H26F2N2O3S/c1-15(2)21(16-6-4-3-5-7-16)25-22(27)17-10-12-26(13-11-17)30(28,29)18-8-9-19(23)20(24)14-18/h3-9,14-15,17,21H,10-13H2,1-2H3,(H,25,27). The number of sulfonamides is 1. The molecule has 1 heterocycles. The molecule has 2 aromatic rings. The van der Waals surface area contributed by atoms with E-state index in [0.717, 1.165) is 17.7 Å². The van der Waals surface area contributed by atoms with E-state index in [-0.39, 0.29) is 41.8 Å². The van der Waals surface area contributed by atoms with Crippen molar-refractivity contribution in [2.75, 3.05) is 13.1 Å². The molecule has 5 nitrogen and oxygen atoms in total. The molecule has 0 bridgehead atoms. The zero-order chi connectivity index (χ0) is 21.9. The molecule has 8 heteroatoms. The summed E-state index contributed by atoms with van der Waals surface area (Å²) in [5, 5.41) is 3.10. The van der Waals surface area contributed by atoms with Crippen molar-refractivity contribution in [3.05, 3.63) is 65.7 Å². The Morgan fingerprint density at radius 3 is 2.23 bits per heavy atom. The number of nitrogens with one attached hydrogen (secondary N) is 1. The minimum absolute atomic E-state index is 0.0950. The fraction of sp³-hybridized carbons (Fsp3) is 0.409. The van der Waals surface area contributed by atoms with Crippen molar-refractivity contribution in [3.63, 3.8) is 0 Å². The van der Waals surface area contributed by atoms with E-state index in [2.05, 4.69) is 5.32 Å². The molecule has 30 heavy (non-hydrogen) atoms. The van der Waals surface area contributed by atoms with E-state index in [1.54, 1.807) is 0 Å². The van der Waals surface area contributed by atoms with Crippen LogP contribution in [0.2, 0.25) is 0 Å². The van der Waals surface area contributed by atoms with Gasteiger partial charge in [0.2, 0.25) is 15.9 Å². The third kappa shape index (κ3) is 4.87. The Kier molecular flexibility index (Phi) is 6.88. The van der Waals surface area contributed by atoms with Gasteiger partial charge in [-0.05, 0) is 42.5 Å². The zero-order valence-electron chi connectivity index (χ0n) is 17.0. The lowest BCUT2D eigenvalue weighted by Gasteiger charge is -2.32. The van der Waals surface area contributed by atoms with E-state index in [1.807, 2.05) is 44.2 Å².